The monoisotopic (exact) mass is 589 g/mol. The number of ether oxygens (including phenoxy) is 4. The van der Waals surface area contributed by atoms with Crippen LogP contribution < -0.4 is 14.8 Å². The lowest BCUT2D eigenvalue weighted by atomic mass is 10.1. The third kappa shape index (κ3) is 6.23. The van der Waals surface area contributed by atoms with Crippen molar-refractivity contribution in [2.75, 3.05) is 20.8 Å². The van der Waals surface area contributed by atoms with Crippen LogP contribution >= 0.6 is 0 Å². The van der Waals surface area contributed by atoms with Gasteiger partial charge in [-0.05, 0) is 45.2 Å². The van der Waals surface area contributed by atoms with Gasteiger partial charge in [-0.3, -0.25) is 9.69 Å². The van der Waals surface area contributed by atoms with Crippen LogP contribution in [0.15, 0.2) is 54.6 Å². The summed E-state index contributed by atoms with van der Waals surface area (Å²) in [6.45, 7) is 7.49. The molecule has 10 nitrogen and oxygen atoms in total. The number of carbonyl (C=O) groups is 3. The highest BCUT2D eigenvalue weighted by Gasteiger charge is 2.62. The zero-order valence-corrected chi connectivity index (χ0v) is 25.5. The molecule has 2 amide bonds. The number of hydrogen-bond donors (Lipinski definition) is 1. The molecule has 1 aromatic heterocycles. The first-order valence-electron chi connectivity index (χ1n) is 14.6. The number of hydrogen-bond acceptors (Lipinski definition) is 8. The predicted octanol–water partition coefficient (Wildman–Crippen LogP) is 5.13. The van der Waals surface area contributed by atoms with Crippen molar-refractivity contribution in [2.24, 2.45) is 5.92 Å². The summed E-state index contributed by atoms with van der Waals surface area (Å²) in [4.78, 5) is 45.9. The molecule has 4 atom stereocenters. The zero-order chi connectivity index (χ0) is 30.9. The van der Waals surface area contributed by atoms with E-state index in [-0.39, 0.29) is 18.9 Å². The van der Waals surface area contributed by atoms with Crippen LogP contribution in [0, 0.1) is 5.92 Å². The van der Waals surface area contributed by atoms with E-state index >= 15 is 0 Å². The number of aromatic nitrogens is 1. The number of likely N-dealkylation sites (tertiary alicyclic amines) is 1. The average molecular weight is 590 g/mol. The quantitative estimate of drug-likeness (QED) is 0.360. The van der Waals surface area contributed by atoms with Gasteiger partial charge in [0.1, 0.15) is 34.8 Å². The number of esters is 1. The first kappa shape index (κ1) is 30.1. The Balaban J connectivity index is 1.42. The van der Waals surface area contributed by atoms with Crippen LogP contribution in [0.2, 0.25) is 0 Å². The Bertz CT molecular complexity index is 1520. The Kier molecular flexibility index (Phi) is 8.23. The van der Waals surface area contributed by atoms with Gasteiger partial charge >= 0.3 is 12.1 Å². The van der Waals surface area contributed by atoms with E-state index in [0.717, 1.165) is 10.9 Å². The van der Waals surface area contributed by atoms with Gasteiger partial charge in [-0.2, -0.15) is 0 Å². The fourth-order valence-corrected chi connectivity index (χ4v) is 5.74. The van der Waals surface area contributed by atoms with Crippen molar-refractivity contribution >= 4 is 28.9 Å². The second-order valence-electron chi connectivity index (χ2n) is 12.1. The lowest BCUT2D eigenvalue weighted by molar-refractivity contribution is -0.161. The number of nitrogens with one attached hydrogen (secondary N) is 1. The molecule has 4 unspecified atom stereocenters. The standard InChI is InChI=1S/C33H39N3O7/c1-7-21-18-33(21,30(38)43-32(2,3)4)35-29(37)27-16-23(19-36(27)31(39)41-6)42-28-17-25(20-11-9-8-10-12-20)34-26-15-22(40-5)13-14-24(26)28/h8-15,17,21,23,27H,7,16,18-19H2,1-6H3,(H,35,37). The van der Waals surface area contributed by atoms with Crippen LogP contribution in [0.4, 0.5) is 4.79 Å². The number of rotatable bonds is 8. The first-order chi connectivity index (χ1) is 20.5. The highest BCUT2D eigenvalue weighted by Crippen LogP contribution is 2.47. The van der Waals surface area contributed by atoms with E-state index in [0.29, 0.717) is 35.6 Å². The third-order valence-electron chi connectivity index (χ3n) is 8.02. The van der Waals surface area contributed by atoms with Gasteiger partial charge in [-0.1, -0.05) is 43.7 Å². The highest BCUT2D eigenvalue weighted by molar-refractivity contribution is 5.95. The minimum Gasteiger partial charge on any atom is -0.497 e. The van der Waals surface area contributed by atoms with Gasteiger partial charge in [-0.25, -0.2) is 14.6 Å². The van der Waals surface area contributed by atoms with Crippen molar-refractivity contribution < 1.29 is 33.3 Å². The molecule has 0 bridgehead atoms. The molecular formula is C33H39N3O7. The largest absolute Gasteiger partial charge is 0.497 e. The Morgan fingerprint density at radius 2 is 1.81 bits per heavy atom. The molecule has 2 fully saturated rings. The normalized spacial score (nSPS) is 23.0. The van der Waals surface area contributed by atoms with E-state index in [1.807, 2.05) is 61.5 Å². The molecule has 2 aliphatic rings. The van der Waals surface area contributed by atoms with Crippen LogP contribution in [0.5, 0.6) is 11.5 Å². The lowest BCUT2D eigenvalue weighted by Gasteiger charge is -2.28. The molecule has 0 spiro atoms. The maximum absolute atomic E-state index is 13.7. The van der Waals surface area contributed by atoms with Gasteiger partial charge in [-0.15, -0.1) is 0 Å². The Morgan fingerprint density at radius 1 is 1.07 bits per heavy atom. The molecule has 1 saturated heterocycles. The van der Waals surface area contributed by atoms with Crippen molar-refractivity contribution in [1.82, 2.24) is 15.2 Å². The fourth-order valence-electron chi connectivity index (χ4n) is 5.74. The molecule has 3 aromatic rings. The molecule has 1 aliphatic heterocycles. The summed E-state index contributed by atoms with van der Waals surface area (Å²) in [6.07, 6.45) is 0.242. The second-order valence-corrected chi connectivity index (χ2v) is 12.1. The van der Waals surface area contributed by atoms with Gasteiger partial charge in [0.2, 0.25) is 5.91 Å². The van der Waals surface area contributed by atoms with E-state index in [9.17, 15) is 14.4 Å². The van der Waals surface area contributed by atoms with Crippen LogP contribution in [0.3, 0.4) is 0 Å². The first-order valence-corrected chi connectivity index (χ1v) is 14.6. The van der Waals surface area contributed by atoms with Crippen LogP contribution in [-0.2, 0) is 19.1 Å². The van der Waals surface area contributed by atoms with E-state index in [1.165, 1.54) is 12.0 Å². The topological polar surface area (TPSA) is 116 Å². The Morgan fingerprint density at radius 3 is 2.44 bits per heavy atom. The van der Waals surface area contributed by atoms with E-state index in [1.54, 1.807) is 27.9 Å². The van der Waals surface area contributed by atoms with Gasteiger partial charge in [0.25, 0.3) is 0 Å². The summed E-state index contributed by atoms with van der Waals surface area (Å²) < 4.78 is 22.6. The Hall–Kier alpha value is -4.34. The minimum atomic E-state index is -1.11. The van der Waals surface area contributed by atoms with Crippen LogP contribution in [0.1, 0.15) is 47.0 Å². The van der Waals surface area contributed by atoms with Gasteiger partial charge in [0.05, 0.1) is 32.0 Å². The predicted molar refractivity (Wildman–Crippen MR) is 161 cm³/mol. The molecule has 2 heterocycles. The van der Waals surface area contributed by atoms with Crippen LogP contribution in [0.25, 0.3) is 22.2 Å². The van der Waals surface area contributed by atoms with Gasteiger partial charge in [0, 0.05) is 29.5 Å². The lowest BCUT2D eigenvalue weighted by Crippen LogP contribution is -2.54. The van der Waals surface area contributed by atoms with E-state index < -0.39 is 41.3 Å². The highest BCUT2D eigenvalue weighted by atomic mass is 16.6. The molecule has 0 radical (unpaired) electrons. The number of fused-ring (bicyclic) bond motifs is 1. The van der Waals surface area contributed by atoms with Crippen LogP contribution in [-0.4, -0.2) is 71.9 Å². The molecule has 10 heteroatoms. The molecule has 43 heavy (non-hydrogen) atoms. The average Bonchev–Trinajstić information content (AvgIpc) is 3.55. The van der Waals surface area contributed by atoms with Crippen molar-refractivity contribution in [2.45, 2.75) is 70.2 Å². The van der Waals surface area contributed by atoms with Gasteiger partial charge in [0.15, 0.2) is 0 Å². The van der Waals surface area contributed by atoms with Crippen molar-refractivity contribution in [3.05, 3.63) is 54.6 Å². The van der Waals surface area contributed by atoms with Crippen molar-refractivity contribution in [3.8, 4) is 22.8 Å². The maximum Gasteiger partial charge on any atom is 0.410 e. The molecule has 5 rings (SSSR count). The smallest absolute Gasteiger partial charge is 0.410 e. The third-order valence-corrected chi connectivity index (χ3v) is 8.02. The molecule has 1 N–H and O–H groups in total. The number of carbonyl (C=O) groups excluding carboxylic acids is 3. The molecule has 2 aromatic carbocycles. The van der Waals surface area contributed by atoms with Crippen molar-refractivity contribution in [3.63, 3.8) is 0 Å². The number of benzene rings is 2. The SMILES string of the molecule is CCC1CC1(NC(=O)C1CC(Oc2cc(-c3ccccc3)nc3cc(OC)ccc23)CN1C(=O)OC)C(=O)OC(C)(C)C. The van der Waals surface area contributed by atoms with Crippen molar-refractivity contribution in [1.29, 1.82) is 0 Å². The molecule has 228 valence electrons. The number of amides is 2. The summed E-state index contributed by atoms with van der Waals surface area (Å²) in [5, 5.41) is 3.73. The van der Waals surface area contributed by atoms with E-state index in [2.05, 4.69) is 5.32 Å². The molecule has 1 aliphatic carbocycles. The fraction of sp³-hybridized carbons (Fsp3) is 0.455. The summed E-state index contributed by atoms with van der Waals surface area (Å²) in [5.74, 6) is 0.300. The number of methoxy groups -OCH3 is 2. The second kappa shape index (κ2) is 11.7. The number of nitrogens with zero attached hydrogens (tertiary/aromatic N) is 2. The number of pyridine rings is 1. The van der Waals surface area contributed by atoms with E-state index in [4.69, 9.17) is 23.9 Å². The maximum atomic E-state index is 13.7. The Labute approximate surface area is 251 Å². The summed E-state index contributed by atoms with van der Waals surface area (Å²) >= 11 is 0. The summed E-state index contributed by atoms with van der Waals surface area (Å²) in [5.41, 5.74) is 0.513. The molecular weight excluding hydrogens is 550 g/mol. The summed E-state index contributed by atoms with van der Waals surface area (Å²) in [7, 11) is 2.87. The zero-order valence-electron chi connectivity index (χ0n) is 25.5. The van der Waals surface area contributed by atoms with Gasteiger partial charge < -0.3 is 24.3 Å². The summed E-state index contributed by atoms with van der Waals surface area (Å²) in [6, 6.07) is 16.3. The minimum absolute atomic E-state index is 0.0390. The molecule has 1 saturated carbocycles.